The predicted octanol–water partition coefficient (Wildman–Crippen LogP) is 1.22. The molecule has 1 rings (SSSR count). The molecule has 0 aromatic heterocycles. The molecule has 0 bridgehead atoms. The summed E-state index contributed by atoms with van der Waals surface area (Å²) in [7, 11) is 1.74. The Labute approximate surface area is 111 Å². The van der Waals surface area contributed by atoms with Crippen LogP contribution in [0.5, 0.6) is 0 Å². The third-order valence-electron chi connectivity index (χ3n) is 4.35. The molecule has 0 spiro atoms. The standard InChI is InChI=1S/C14H30N2O2/c1-12(2)16(9-10-18-3)8-6-13-5-4-7-14(13,17)11-15/h12-13,17H,4-11,15H2,1-3H3. The summed E-state index contributed by atoms with van der Waals surface area (Å²) < 4.78 is 5.15. The minimum Gasteiger partial charge on any atom is -0.388 e. The summed E-state index contributed by atoms with van der Waals surface area (Å²) in [5.74, 6) is 0.367. The van der Waals surface area contributed by atoms with Crippen molar-refractivity contribution in [2.24, 2.45) is 11.7 Å². The van der Waals surface area contributed by atoms with Crippen LogP contribution >= 0.6 is 0 Å². The number of ether oxygens (including phenoxy) is 1. The van der Waals surface area contributed by atoms with Gasteiger partial charge >= 0.3 is 0 Å². The zero-order valence-corrected chi connectivity index (χ0v) is 12.2. The van der Waals surface area contributed by atoms with Crippen molar-refractivity contribution in [3.8, 4) is 0 Å². The van der Waals surface area contributed by atoms with E-state index in [2.05, 4.69) is 18.7 Å². The van der Waals surface area contributed by atoms with Crippen LogP contribution in [0.1, 0.15) is 39.5 Å². The van der Waals surface area contributed by atoms with E-state index < -0.39 is 5.60 Å². The van der Waals surface area contributed by atoms with Crippen molar-refractivity contribution < 1.29 is 9.84 Å². The molecule has 1 aliphatic rings. The molecule has 0 aliphatic heterocycles. The van der Waals surface area contributed by atoms with E-state index in [0.717, 1.165) is 45.4 Å². The molecule has 0 heterocycles. The van der Waals surface area contributed by atoms with E-state index in [0.29, 0.717) is 18.5 Å². The van der Waals surface area contributed by atoms with Gasteiger partial charge in [0, 0.05) is 26.2 Å². The fraction of sp³-hybridized carbons (Fsp3) is 1.00. The lowest BCUT2D eigenvalue weighted by molar-refractivity contribution is 0.00243. The lowest BCUT2D eigenvalue weighted by atomic mass is 9.88. The quantitative estimate of drug-likeness (QED) is 0.687. The number of aliphatic hydroxyl groups is 1. The van der Waals surface area contributed by atoms with Gasteiger partial charge in [-0.15, -0.1) is 0 Å². The summed E-state index contributed by atoms with van der Waals surface area (Å²) in [4.78, 5) is 2.42. The highest BCUT2D eigenvalue weighted by Crippen LogP contribution is 2.37. The van der Waals surface area contributed by atoms with E-state index in [4.69, 9.17) is 10.5 Å². The Kier molecular flexibility index (Phi) is 6.57. The Bertz CT molecular complexity index is 236. The van der Waals surface area contributed by atoms with Gasteiger partial charge in [0.1, 0.15) is 0 Å². The lowest BCUT2D eigenvalue weighted by Crippen LogP contribution is -2.43. The normalized spacial score (nSPS) is 28.5. The van der Waals surface area contributed by atoms with Gasteiger partial charge < -0.3 is 15.6 Å². The number of rotatable bonds is 8. The van der Waals surface area contributed by atoms with Gasteiger partial charge in [0.05, 0.1) is 12.2 Å². The van der Waals surface area contributed by atoms with Crippen LogP contribution in [0.2, 0.25) is 0 Å². The summed E-state index contributed by atoms with van der Waals surface area (Å²) in [5.41, 5.74) is 5.11. The van der Waals surface area contributed by atoms with Crippen molar-refractivity contribution in [3.05, 3.63) is 0 Å². The third kappa shape index (κ3) is 4.19. The van der Waals surface area contributed by atoms with Gasteiger partial charge in [-0.1, -0.05) is 6.42 Å². The first-order chi connectivity index (χ1) is 8.53. The molecule has 2 atom stereocenters. The molecular formula is C14H30N2O2. The van der Waals surface area contributed by atoms with Crippen LogP contribution in [0.15, 0.2) is 0 Å². The topological polar surface area (TPSA) is 58.7 Å². The Balaban J connectivity index is 2.41. The zero-order chi connectivity index (χ0) is 13.6. The molecular weight excluding hydrogens is 228 g/mol. The van der Waals surface area contributed by atoms with Gasteiger partial charge in [-0.2, -0.15) is 0 Å². The highest BCUT2D eigenvalue weighted by atomic mass is 16.5. The Hall–Kier alpha value is -0.160. The van der Waals surface area contributed by atoms with Crippen LogP contribution in [0.25, 0.3) is 0 Å². The van der Waals surface area contributed by atoms with E-state index in [9.17, 15) is 5.11 Å². The molecule has 0 aromatic carbocycles. The average molecular weight is 258 g/mol. The molecule has 3 N–H and O–H groups in total. The minimum atomic E-state index is -0.607. The number of hydrogen-bond acceptors (Lipinski definition) is 4. The number of hydrogen-bond donors (Lipinski definition) is 2. The molecule has 0 radical (unpaired) electrons. The molecule has 108 valence electrons. The molecule has 4 nitrogen and oxygen atoms in total. The SMILES string of the molecule is COCCN(CCC1CCCC1(O)CN)C(C)C. The molecule has 1 aliphatic carbocycles. The van der Waals surface area contributed by atoms with Gasteiger partial charge in [-0.3, -0.25) is 4.90 Å². The second-order valence-electron chi connectivity index (χ2n) is 5.81. The van der Waals surface area contributed by atoms with E-state index in [-0.39, 0.29) is 0 Å². The highest BCUT2D eigenvalue weighted by Gasteiger charge is 2.39. The van der Waals surface area contributed by atoms with Gasteiger partial charge in [0.2, 0.25) is 0 Å². The largest absolute Gasteiger partial charge is 0.388 e. The second kappa shape index (κ2) is 7.43. The average Bonchev–Trinajstić information content (AvgIpc) is 2.71. The molecule has 1 fully saturated rings. The van der Waals surface area contributed by atoms with E-state index in [1.807, 2.05) is 0 Å². The van der Waals surface area contributed by atoms with Crippen molar-refractivity contribution in [1.29, 1.82) is 0 Å². The van der Waals surface area contributed by atoms with Gasteiger partial charge in [-0.05, 0) is 45.6 Å². The molecule has 0 amide bonds. The first-order valence-corrected chi connectivity index (χ1v) is 7.19. The Morgan fingerprint density at radius 3 is 2.72 bits per heavy atom. The summed E-state index contributed by atoms with van der Waals surface area (Å²) in [5, 5.41) is 10.4. The van der Waals surface area contributed by atoms with E-state index in [1.54, 1.807) is 7.11 Å². The smallest absolute Gasteiger partial charge is 0.0797 e. The second-order valence-corrected chi connectivity index (χ2v) is 5.81. The van der Waals surface area contributed by atoms with Crippen molar-refractivity contribution >= 4 is 0 Å². The monoisotopic (exact) mass is 258 g/mol. The first kappa shape index (κ1) is 15.9. The van der Waals surface area contributed by atoms with Gasteiger partial charge in [-0.25, -0.2) is 0 Å². The third-order valence-corrected chi connectivity index (χ3v) is 4.35. The Morgan fingerprint density at radius 2 is 2.17 bits per heavy atom. The molecule has 18 heavy (non-hydrogen) atoms. The fourth-order valence-corrected chi connectivity index (χ4v) is 2.97. The zero-order valence-electron chi connectivity index (χ0n) is 12.2. The van der Waals surface area contributed by atoms with Crippen LogP contribution in [-0.4, -0.2) is 55.0 Å². The fourth-order valence-electron chi connectivity index (χ4n) is 2.97. The molecule has 4 heteroatoms. The molecule has 0 saturated heterocycles. The Morgan fingerprint density at radius 1 is 1.44 bits per heavy atom. The van der Waals surface area contributed by atoms with Crippen molar-refractivity contribution in [3.63, 3.8) is 0 Å². The number of nitrogens with zero attached hydrogens (tertiary/aromatic N) is 1. The summed E-state index contributed by atoms with van der Waals surface area (Å²) in [6.45, 7) is 7.57. The maximum atomic E-state index is 10.4. The molecule has 0 aromatic rings. The minimum absolute atomic E-state index is 0.367. The van der Waals surface area contributed by atoms with Crippen molar-refractivity contribution in [2.75, 3.05) is 33.4 Å². The maximum absolute atomic E-state index is 10.4. The number of methoxy groups -OCH3 is 1. The van der Waals surface area contributed by atoms with Crippen LogP contribution in [0.3, 0.4) is 0 Å². The van der Waals surface area contributed by atoms with Gasteiger partial charge in [0.15, 0.2) is 0 Å². The van der Waals surface area contributed by atoms with E-state index >= 15 is 0 Å². The summed E-state index contributed by atoms with van der Waals surface area (Å²) >= 11 is 0. The maximum Gasteiger partial charge on any atom is 0.0797 e. The van der Waals surface area contributed by atoms with Crippen LogP contribution in [-0.2, 0) is 4.74 Å². The lowest BCUT2D eigenvalue weighted by Gasteiger charge is -2.32. The first-order valence-electron chi connectivity index (χ1n) is 7.19. The van der Waals surface area contributed by atoms with Crippen LogP contribution in [0.4, 0.5) is 0 Å². The van der Waals surface area contributed by atoms with E-state index in [1.165, 1.54) is 0 Å². The predicted molar refractivity (Wildman–Crippen MR) is 74.5 cm³/mol. The van der Waals surface area contributed by atoms with Crippen molar-refractivity contribution in [2.45, 2.75) is 51.2 Å². The highest BCUT2D eigenvalue weighted by molar-refractivity contribution is 4.93. The van der Waals surface area contributed by atoms with Crippen LogP contribution < -0.4 is 5.73 Å². The summed E-state index contributed by atoms with van der Waals surface area (Å²) in [6.07, 6.45) is 4.13. The molecule has 1 saturated carbocycles. The summed E-state index contributed by atoms with van der Waals surface area (Å²) in [6, 6.07) is 0.521. The van der Waals surface area contributed by atoms with Crippen LogP contribution in [0, 0.1) is 5.92 Å². The molecule has 2 unspecified atom stereocenters. The van der Waals surface area contributed by atoms with Crippen molar-refractivity contribution in [1.82, 2.24) is 4.90 Å². The van der Waals surface area contributed by atoms with Gasteiger partial charge in [0.25, 0.3) is 0 Å². The number of nitrogens with two attached hydrogens (primary N) is 1.